The molecule has 25 heavy (non-hydrogen) atoms. The molecular formula is C19H24N2O4. The van der Waals surface area contributed by atoms with Gasteiger partial charge in [-0.2, -0.15) is 0 Å². The summed E-state index contributed by atoms with van der Waals surface area (Å²) in [5.41, 5.74) is 1.63. The SMILES string of the molecule is COC(=O)C1CCN(C(=O)C2CCCN(C(C)=O)C2)c2ccccc21. The van der Waals surface area contributed by atoms with E-state index in [4.69, 9.17) is 4.74 Å². The first-order chi connectivity index (χ1) is 12.0. The number of piperidine rings is 1. The number of para-hydroxylation sites is 1. The Bertz CT molecular complexity index is 688. The standard InChI is InChI=1S/C19H24N2O4/c1-13(22)20-10-5-6-14(12-20)18(23)21-11-9-16(19(24)25-2)15-7-3-4-8-17(15)21/h3-4,7-8,14,16H,5-6,9-12H2,1-2H3. The number of hydrogen-bond acceptors (Lipinski definition) is 4. The molecule has 0 spiro atoms. The van der Waals surface area contributed by atoms with E-state index in [1.807, 2.05) is 24.3 Å². The monoisotopic (exact) mass is 344 g/mol. The molecule has 2 unspecified atom stereocenters. The molecule has 2 aliphatic rings. The largest absolute Gasteiger partial charge is 0.469 e. The number of benzene rings is 1. The van der Waals surface area contributed by atoms with Gasteiger partial charge in [-0.1, -0.05) is 18.2 Å². The summed E-state index contributed by atoms with van der Waals surface area (Å²) in [6, 6.07) is 7.52. The topological polar surface area (TPSA) is 66.9 Å². The highest BCUT2D eigenvalue weighted by atomic mass is 16.5. The van der Waals surface area contributed by atoms with Crippen LogP contribution in [0.4, 0.5) is 5.69 Å². The summed E-state index contributed by atoms with van der Waals surface area (Å²) in [5.74, 6) is -0.713. The summed E-state index contributed by atoms with van der Waals surface area (Å²) in [4.78, 5) is 40.3. The zero-order valence-electron chi connectivity index (χ0n) is 14.7. The molecule has 0 aromatic heterocycles. The van der Waals surface area contributed by atoms with Crippen molar-refractivity contribution in [3.05, 3.63) is 29.8 Å². The molecule has 3 rings (SSSR count). The number of fused-ring (bicyclic) bond motifs is 1. The summed E-state index contributed by atoms with van der Waals surface area (Å²) >= 11 is 0. The van der Waals surface area contributed by atoms with E-state index < -0.39 is 0 Å². The van der Waals surface area contributed by atoms with Gasteiger partial charge in [0.25, 0.3) is 0 Å². The molecule has 6 heteroatoms. The van der Waals surface area contributed by atoms with Crippen LogP contribution in [0.1, 0.15) is 37.7 Å². The Morgan fingerprint density at radius 3 is 2.60 bits per heavy atom. The van der Waals surface area contributed by atoms with Gasteiger partial charge in [0.15, 0.2) is 0 Å². The molecule has 1 aromatic carbocycles. The molecule has 0 saturated carbocycles. The summed E-state index contributed by atoms with van der Waals surface area (Å²) in [6.07, 6.45) is 2.19. The Kier molecular flexibility index (Phi) is 5.06. The number of rotatable bonds is 2. The van der Waals surface area contributed by atoms with E-state index in [0.29, 0.717) is 19.5 Å². The molecule has 0 radical (unpaired) electrons. The predicted octanol–water partition coefficient (Wildman–Crippen LogP) is 1.94. The lowest BCUT2D eigenvalue weighted by Gasteiger charge is -2.38. The Labute approximate surface area is 147 Å². The molecule has 1 saturated heterocycles. The Morgan fingerprint density at radius 1 is 1.12 bits per heavy atom. The van der Waals surface area contributed by atoms with Crippen LogP contribution in [-0.4, -0.2) is 49.4 Å². The number of methoxy groups -OCH3 is 1. The smallest absolute Gasteiger partial charge is 0.313 e. The molecule has 2 aliphatic heterocycles. The van der Waals surface area contributed by atoms with Gasteiger partial charge in [0.1, 0.15) is 0 Å². The lowest BCUT2D eigenvalue weighted by atomic mass is 9.88. The third-order valence-corrected chi connectivity index (χ3v) is 5.21. The van der Waals surface area contributed by atoms with Crippen molar-refractivity contribution >= 4 is 23.5 Å². The summed E-state index contributed by atoms with van der Waals surface area (Å²) in [6.45, 7) is 3.24. The maximum absolute atomic E-state index is 13.1. The molecule has 2 heterocycles. The fourth-order valence-electron chi connectivity index (χ4n) is 3.86. The molecule has 1 fully saturated rings. The minimum absolute atomic E-state index is 0.0160. The van der Waals surface area contributed by atoms with E-state index in [1.54, 1.807) is 16.7 Å². The number of likely N-dealkylation sites (tertiary alicyclic amines) is 1. The second-order valence-corrected chi connectivity index (χ2v) is 6.72. The molecule has 6 nitrogen and oxygen atoms in total. The van der Waals surface area contributed by atoms with Gasteiger partial charge in [0, 0.05) is 32.2 Å². The van der Waals surface area contributed by atoms with Crippen molar-refractivity contribution in [1.29, 1.82) is 0 Å². The minimum atomic E-state index is -0.328. The normalized spacial score (nSPS) is 23.0. The van der Waals surface area contributed by atoms with Crippen molar-refractivity contribution in [3.8, 4) is 0 Å². The molecule has 134 valence electrons. The van der Waals surface area contributed by atoms with Crippen LogP contribution in [0, 0.1) is 5.92 Å². The number of carbonyl (C=O) groups excluding carboxylic acids is 3. The van der Waals surface area contributed by atoms with Gasteiger partial charge in [-0.15, -0.1) is 0 Å². The van der Waals surface area contributed by atoms with E-state index in [2.05, 4.69) is 0 Å². The predicted molar refractivity (Wildman–Crippen MR) is 93.1 cm³/mol. The Balaban J connectivity index is 1.84. The van der Waals surface area contributed by atoms with E-state index >= 15 is 0 Å². The van der Waals surface area contributed by atoms with E-state index in [1.165, 1.54) is 7.11 Å². The van der Waals surface area contributed by atoms with Crippen LogP contribution in [-0.2, 0) is 19.1 Å². The van der Waals surface area contributed by atoms with Crippen LogP contribution in [0.3, 0.4) is 0 Å². The zero-order chi connectivity index (χ0) is 18.0. The molecule has 0 N–H and O–H groups in total. The van der Waals surface area contributed by atoms with Gasteiger partial charge in [0.05, 0.1) is 18.9 Å². The second kappa shape index (κ2) is 7.25. The second-order valence-electron chi connectivity index (χ2n) is 6.72. The minimum Gasteiger partial charge on any atom is -0.469 e. The molecule has 0 aliphatic carbocycles. The van der Waals surface area contributed by atoms with Gasteiger partial charge in [-0.25, -0.2) is 0 Å². The van der Waals surface area contributed by atoms with E-state index in [9.17, 15) is 14.4 Å². The number of esters is 1. The van der Waals surface area contributed by atoms with Crippen molar-refractivity contribution in [2.24, 2.45) is 5.92 Å². The maximum Gasteiger partial charge on any atom is 0.313 e. The summed E-state index contributed by atoms with van der Waals surface area (Å²) in [7, 11) is 1.39. The third-order valence-electron chi connectivity index (χ3n) is 5.21. The third kappa shape index (κ3) is 3.38. The van der Waals surface area contributed by atoms with Gasteiger partial charge < -0.3 is 14.5 Å². The molecule has 0 bridgehead atoms. The number of hydrogen-bond donors (Lipinski definition) is 0. The van der Waals surface area contributed by atoms with Crippen molar-refractivity contribution < 1.29 is 19.1 Å². The van der Waals surface area contributed by atoms with E-state index in [0.717, 1.165) is 30.6 Å². The zero-order valence-corrected chi connectivity index (χ0v) is 14.7. The van der Waals surface area contributed by atoms with Crippen LogP contribution in [0.2, 0.25) is 0 Å². The average molecular weight is 344 g/mol. The van der Waals surface area contributed by atoms with Crippen LogP contribution >= 0.6 is 0 Å². The summed E-state index contributed by atoms with van der Waals surface area (Å²) in [5, 5.41) is 0. The van der Waals surface area contributed by atoms with Crippen molar-refractivity contribution in [1.82, 2.24) is 4.90 Å². The van der Waals surface area contributed by atoms with Crippen LogP contribution in [0.15, 0.2) is 24.3 Å². The lowest BCUT2D eigenvalue weighted by molar-refractivity contribution is -0.143. The molecular weight excluding hydrogens is 320 g/mol. The van der Waals surface area contributed by atoms with E-state index in [-0.39, 0.29) is 29.6 Å². The number of anilines is 1. The van der Waals surface area contributed by atoms with Crippen LogP contribution < -0.4 is 4.90 Å². The number of nitrogens with zero attached hydrogens (tertiary/aromatic N) is 2. The first-order valence-corrected chi connectivity index (χ1v) is 8.76. The highest BCUT2D eigenvalue weighted by Crippen LogP contribution is 2.37. The van der Waals surface area contributed by atoms with Crippen LogP contribution in [0.5, 0.6) is 0 Å². The quantitative estimate of drug-likeness (QED) is 0.769. The van der Waals surface area contributed by atoms with Crippen molar-refractivity contribution in [2.45, 2.75) is 32.1 Å². The first kappa shape index (κ1) is 17.5. The highest BCUT2D eigenvalue weighted by Gasteiger charge is 2.36. The summed E-state index contributed by atoms with van der Waals surface area (Å²) < 4.78 is 4.91. The number of carbonyl (C=O) groups is 3. The molecule has 1 aromatic rings. The van der Waals surface area contributed by atoms with Gasteiger partial charge in [0.2, 0.25) is 11.8 Å². The van der Waals surface area contributed by atoms with Gasteiger partial charge in [-0.3, -0.25) is 14.4 Å². The molecule has 2 atom stereocenters. The average Bonchev–Trinajstić information content (AvgIpc) is 2.66. The highest BCUT2D eigenvalue weighted by molar-refractivity contribution is 5.98. The molecule has 2 amide bonds. The maximum atomic E-state index is 13.1. The van der Waals surface area contributed by atoms with Gasteiger partial charge >= 0.3 is 5.97 Å². The van der Waals surface area contributed by atoms with Crippen LogP contribution in [0.25, 0.3) is 0 Å². The van der Waals surface area contributed by atoms with Crippen molar-refractivity contribution in [3.63, 3.8) is 0 Å². The van der Waals surface area contributed by atoms with Crippen molar-refractivity contribution in [2.75, 3.05) is 31.6 Å². The fraction of sp³-hybridized carbons (Fsp3) is 0.526. The fourth-order valence-corrected chi connectivity index (χ4v) is 3.86. The Morgan fingerprint density at radius 2 is 1.88 bits per heavy atom. The first-order valence-electron chi connectivity index (χ1n) is 8.76. The van der Waals surface area contributed by atoms with Gasteiger partial charge in [-0.05, 0) is 30.9 Å². The number of ether oxygens (including phenoxy) is 1. The number of amides is 2. The lowest BCUT2D eigenvalue weighted by Crippen LogP contribution is -2.48. The Hall–Kier alpha value is -2.37.